The Kier molecular flexibility index (Phi) is 5.51. The third-order valence-corrected chi connectivity index (χ3v) is 4.66. The quantitative estimate of drug-likeness (QED) is 0.834. The van der Waals surface area contributed by atoms with Gasteiger partial charge < -0.3 is 9.84 Å². The van der Waals surface area contributed by atoms with Crippen molar-refractivity contribution in [1.82, 2.24) is 9.88 Å². The molecule has 0 saturated carbocycles. The van der Waals surface area contributed by atoms with Gasteiger partial charge in [-0.3, -0.25) is 9.69 Å². The molecule has 0 amide bonds. The molecule has 0 bridgehead atoms. The van der Waals surface area contributed by atoms with E-state index in [9.17, 15) is 9.90 Å². The van der Waals surface area contributed by atoms with Crippen LogP contribution in [0.25, 0.3) is 0 Å². The second kappa shape index (κ2) is 7.15. The fourth-order valence-electron chi connectivity index (χ4n) is 2.58. The van der Waals surface area contributed by atoms with Gasteiger partial charge in [-0.1, -0.05) is 13.8 Å². The molecule has 5 nitrogen and oxygen atoms in total. The molecule has 0 spiro atoms. The Morgan fingerprint density at radius 2 is 2.35 bits per heavy atom. The molecule has 1 saturated heterocycles. The smallest absolute Gasteiger partial charge is 0.310 e. The van der Waals surface area contributed by atoms with Gasteiger partial charge in [0.25, 0.3) is 0 Å². The normalized spacial score (nSPS) is 22.6. The number of rotatable bonds is 7. The van der Waals surface area contributed by atoms with Gasteiger partial charge in [0.15, 0.2) is 0 Å². The van der Waals surface area contributed by atoms with Crippen LogP contribution in [0.5, 0.6) is 0 Å². The molecule has 6 heteroatoms. The number of aromatic nitrogens is 1. The summed E-state index contributed by atoms with van der Waals surface area (Å²) in [6, 6.07) is -0.0424. The molecule has 0 aromatic carbocycles. The highest BCUT2D eigenvalue weighted by Crippen LogP contribution is 2.23. The maximum Gasteiger partial charge on any atom is 0.310 e. The van der Waals surface area contributed by atoms with Gasteiger partial charge in [-0.25, -0.2) is 4.98 Å². The molecule has 1 aliphatic rings. The molecule has 1 aromatic heterocycles. The molecule has 0 aliphatic carbocycles. The molecule has 1 aromatic rings. The number of nitrogens with zero attached hydrogens (tertiary/aromatic N) is 2. The van der Waals surface area contributed by atoms with Gasteiger partial charge in [0, 0.05) is 18.0 Å². The Labute approximate surface area is 123 Å². The molecule has 20 heavy (non-hydrogen) atoms. The average Bonchev–Trinajstić information content (AvgIpc) is 3.06. The molecule has 2 rings (SSSR count). The summed E-state index contributed by atoms with van der Waals surface area (Å²) in [5, 5.41) is 12.5. The average molecular weight is 298 g/mol. The first-order valence-electron chi connectivity index (χ1n) is 7.13. The summed E-state index contributed by atoms with van der Waals surface area (Å²) in [6.45, 7) is 6.60. The van der Waals surface area contributed by atoms with Crippen LogP contribution in [0, 0.1) is 5.92 Å². The number of ether oxygens (including phenoxy) is 1. The summed E-state index contributed by atoms with van der Waals surface area (Å²) < 4.78 is 5.38. The minimum atomic E-state index is -0.763. The zero-order valence-electron chi connectivity index (χ0n) is 12.0. The van der Waals surface area contributed by atoms with Crippen molar-refractivity contribution in [1.29, 1.82) is 0 Å². The molecule has 112 valence electrons. The molecule has 1 N–H and O–H groups in total. The first-order chi connectivity index (χ1) is 9.65. The van der Waals surface area contributed by atoms with Gasteiger partial charge in [0.05, 0.1) is 29.8 Å². The first kappa shape index (κ1) is 15.4. The molecule has 1 aliphatic heterocycles. The second-order valence-electron chi connectivity index (χ2n) is 5.11. The van der Waals surface area contributed by atoms with Gasteiger partial charge in [0.2, 0.25) is 0 Å². The Morgan fingerprint density at radius 3 is 2.95 bits per heavy atom. The highest BCUT2D eigenvalue weighted by molar-refractivity contribution is 7.09. The van der Waals surface area contributed by atoms with Gasteiger partial charge in [-0.2, -0.15) is 0 Å². The second-order valence-corrected chi connectivity index (χ2v) is 6.05. The predicted molar refractivity (Wildman–Crippen MR) is 77.9 cm³/mol. The van der Waals surface area contributed by atoms with Gasteiger partial charge >= 0.3 is 5.97 Å². The van der Waals surface area contributed by atoms with Crippen LogP contribution in [0.15, 0.2) is 5.38 Å². The topological polar surface area (TPSA) is 62.7 Å². The number of carboxylic acid groups (broad SMARTS) is 1. The number of hydrogen-bond donors (Lipinski definition) is 1. The minimum absolute atomic E-state index is 0.0424. The van der Waals surface area contributed by atoms with Crippen molar-refractivity contribution >= 4 is 17.3 Å². The monoisotopic (exact) mass is 298 g/mol. The zero-order chi connectivity index (χ0) is 14.5. The van der Waals surface area contributed by atoms with E-state index in [4.69, 9.17) is 4.74 Å². The lowest BCUT2D eigenvalue weighted by Gasteiger charge is -2.29. The molecule has 2 heterocycles. The van der Waals surface area contributed by atoms with Crippen molar-refractivity contribution in [2.75, 3.05) is 19.8 Å². The number of thiazole rings is 1. The standard InChI is InChI=1S/C14H22N2O3S/c1-3-5-16(6-10-9-20-13(4-2)15-10)12-8-19-7-11(12)14(17)18/h9,11-12H,3-8H2,1-2H3,(H,17,18). The molecule has 1 fully saturated rings. The van der Waals surface area contributed by atoms with Crippen molar-refractivity contribution in [3.8, 4) is 0 Å². The van der Waals surface area contributed by atoms with E-state index >= 15 is 0 Å². The Hall–Kier alpha value is -0.980. The van der Waals surface area contributed by atoms with Gasteiger partial charge in [-0.15, -0.1) is 11.3 Å². The van der Waals surface area contributed by atoms with Crippen LogP contribution >= 0.6 is 11.3 Å². The molecular formula is C14H22N2O3S. The summed E-state index contributed by atoms with van der Waals surface area (Å²) in [5.74, 6) is -1.19. The fourth-order valence-corrected chi connectivity index (χ4v) is 3.32. The Balaban J connectivity index is 2.07. The van der Waals surface area contributed by atoms with E-state index in [1.54, 1.807) is 11.3 Å². The summed E-state index contributed by atoms with van der Waals surface area (Å²) >= 11 is 1.67. The highest BCUT2D eigenvalue weighted by Gasteiger charge is 2.37. The van der Waals surface area contributed by atoms with E-state index in [1.165, 1.54) is 0 Å². The molecule has 2 unspecified atom stereocenters. The van der Waals surface area contributed by atoms with Crippen molar-refractivity contribution < 1.29 is 14.6 Å². The third-order valence-electron chi connectivity index (χ3n) is 3.61. The molecular weight excluding hydrogens is 276 g/mol. The maximum atomic E-state index is 11.3. The number of carbonyl (C=O) groups is 1. The summed E-state index contributed by atoms with van der Waals surface area (Å²) in [6.07, 6.45) is 1.94. The van der Waals surface area contributed by atoms with E-state index in [-0.39, 0.29) is 6.04 Å². The first-order valence-corrected chi connectivity index (χ1v) is 8.01. The SMILES string of the molecule is CCCN(Cc1csc(CC)n1)C1COCC1C(=O)O. The number of carboxylic acids is 1. The van der Waals surface area contributed by atoms with Crippen LogP contribution in [0.2, 0.25) is 0 Å². The fraction of sp³-hybridized carbons (Fsp3) is 0.714. The van der Waals surface area contributed by atoms with Gasteiger partial charge in [-0.05, 0) is 19.4 Å². The van der Waals surface area contributed by atoms with E-state index in [0.717, 1.165) is 30.1 Å². The summed E-state index contributed by atoms with van der Waals surface area (Å²) in [7, 11) is 0. The van der Waals surface area contributed by atoms with E-state index < -0.39 is 11.9 Å². The van der Waals surface area contributed by atoms with Crippen LogP contribution < -0.4 is 0 Å². The number of hydrogen-bond acceptors (Lipinski definition) is 5. The number of aryl methyl sites for hydroxylation is 1. The Morgan fingerprint density at radius 1 is 1.55 bits per heavy atom. The largest absolute Gasteiger partial charge is 0.481 e. The van der Waals surface area contributed by atoms with E-state index in [1.807, 2.05) is 0 Å². The van der Waals surface area contributed by atoms with E-state index in [2.05, 4.69) is 29.1 Å². The highest BCUT2D eigenvalue weighted by atomic mass is 32.1. The maximum absolute atomic E-state index is 11.3. The van der Waals surface area contributed by atoms with Crippen molar-refractivity contribution in [2.45, 2.75) is 39.3 Å². The van der Waals surface area contributed by atoms with Crippen molar-refractivity contribution in [3.05, 3.63) is 16.1 Å². The predicted octanol–water partition coefficient (Wildman–Crippen LogP) is 2.02. The minimum Gasteiger partial charge on any atom is -0.481 e. The lowest BCUT2D eigenvalue weighted by atomic mass is 10.0. The van der Waals surface area contributed by atoms with Crippen LogP contribution in [-0.4, -0.2) is 46.8 Å². The van der Waals surface area contributed by atoms with Crippen LogP contribution in [0.1, 0.15) is 31.0 Å². The summed E-state index contributed by atoms with van der Waals surface area (Å²) in [4.78, 5) is 18.1. The van der Waals surface area contributed by atoms with Crippen LogP contribution in [-0.2, 0) is 22.5 Å². The lowest BCUT2D eigenvalue weighted by Crippen LogP contribution is -2.43. The van der Waals surface area contributed by atoms with Crippen molar-refractivity contribution in [3.63, 3.8) is 0 Å². The summed E-state index contributed by atoms with van der Waals surface area (Å²) in [5.41, 5.74) is 1.04. The lowest BCUT2D eigenvalue weighted by molar-refractivity contribution is -0.143. The molecule has 0 radical (unpaired) electrons. The zero-order valence-corrected chi connectivity index (χ0v) is 12.9. The van der Waals surface area contributed by atoms with E-state index in [0.29, 0.717) is 19.8 Å². The third kappa shape index (κ3) is 3.56. The van der Waals surface area contributed by atoms with Crippen LogP contribution in [0.3, 0.4) is 0 Å². The van der Waals surface area contributed by atoms with Crippen LogP contribution in [0.4, 0.5) is 0 Å². The Bertz CT molecular complexity index is 449. The van der Waals surface area contributed by atoms with Gasteiger partial charge in [0.1, 0.15) is 0 Å². The number of aliphatic carboxylic acids is 1. The molecule has 2 atom stereocenters. The van der Waals surface area contributed by atoms with Crippen molar-refractivity contribution in [2.24, 2.45) is 5.92 Å².